The summed E-state index contributed by atoms with van der Waals surface area (Å²) in [5, 5.41) is 8.65. The van der Waals surface area contributed by atoms with E-state index in [9.17, 15) is 4.79 Å². The first kappa shape index (κ1) is 9.00. The van der Waals surface area contributed by atoms with Crippen molar-refractivity contribution in [3.8, 4) is 0 Å². The third-order valence-electron chi connectivity index (χ3n) is 3.39. The summed E-state index contributed by atoms with van der Waals surface area (Å²) in [6.45, 7) is 2.27. The van der Waals surface area contributed by atoms with Crippen LogP contribution in [0.5, 0.6) is 0 Å². The zero-order valence-electron chi connectivity index (χ0n) is 7.91. The van der Waals surface area contributed by atoms with Crippen LogP contribution in [0.4, 0.5) is 0 Å². The van der Waals surface area contributed by atoms with Gasteiger partial charge in [-0.2, -0.15) is 0 Å². The molecule has 1 N–H and O–H groups in total. The summed E-state index contributed by atoms with van der Waals surface area (Å²) in [5.41, 5.74) is 0. The third kappa shape index (κ3) is 2.02. The summed E-state index contributed by atoms with van der Waals surface area (Å²) in [5.74, 6) is 0.222. The molecule has 3 nitrogen and oxygen atoms in total. The van der Waals surface area contributed by atoms with Crippen LogP contribution < -0.4 is 0 Å². The van der Waals surface area contributed by atoms with Crippen molar-refractivity contribution in [1.82, 2.24) is 4.90 Å². The number of carbonyl (C=O) groups is 1. The smallest absolute Gasteiger partial charge is 0.304 e. The predicted octanol–water partition coefficient (Wildman–Crippen LogP) is 1.34. The van der Waals surface area contributed by atoms with Crippen LogP contribution in [0.1, 0.15) is 32.1 Å². The number of hydrogen-bond acceptors (Lipinski definition) is 2. The fraction of sp³-hybridized carbons (Fsp3) is 0.900. The Morgan fingerprint density at radius 1 is 1.38 bits per heavy atom. The van der Waals surface area contributed by atoms with Crippen LogP contribution in [0, 0.1) is 5.92 Å². The lowest BCUT2D eigenvalue weighted by Crippen LogP contribution is -2.51. The van der Waals surface area contributed by atoms with E-state index in [0.29, 0.717) is 12.5 Å². The summed E-state index contributed by atoms with van der Waals surface area (Å²) < 4.78 is 0. The van der Waals surface area contributed by atoms with Gasteiger partial charge in [0.05, 0.1) is 6.42 Å². The second-order valence-corrected chi connectivity index (χ2v) is 4.33. The molecule has 2 aliphatic rings. The first-order valence-electron chi connectivity index (χ1n) is 5.21. The van der Waals surface area contributed by atoms with Crippen molar-refractivity contribution >= 4 is 5.97 Å². The molecule has 1 saturated heterocycles. The Labute approximate surface area is 78.7 Å². The summed E-state index contributed by atoms with van der Waals surface area (Å²) >= 11 is 0. The molecule has 0 aromatic rings. The van der Waals surface area contributed by atoms with Crippen molar-refractivity contribution in [3.63, 3.8) is 0 Å². The lowest BCUT2D eigenvalue weighted by atomic mass is 9.83. The second-order valence-electron chi connectivity index (χ2n) is 4.33. The number of carboxylic acid groups (broad SMARTS) is 1. The first-order chi connectivity index (χ1) is 6.25. The molecule has 0 aromatic carbocycles. The number of carboxylic acids is 1. The Hall–Kier alpha value is -0.570. The Bertz CT molecular complexity index is 201. The molecular formula is C10H17NO2. The minimum absolute atomic E-state index is 0.340. The maximum absolute atomic E-state index is 10.5. The van der Waals surface area contributed by atoms with Crippen LogP contribution in [0.25, 0.3) is 0 Å². The van der Waals surface area contributed by atoms with Gasteiger partial charge in [-0.15, -0.1) is 0 Å². The third-order valence-corrected chi connectivity index (χ3v) is 3.39. The second kappa shape index (κ2) is 3.66. The highest BCUT2D eigenvalue weighted by molar-refractivity contribution is 5.67. The molecule has 1 heterocycles. The standard InChI is InChI=1S/C10H17NO2/c12-10(13)6-9-4-5-11(9)7-8-2-1-3-8/h8-9H,1-7H2,(H,12,13). The molecule has 1 unspecified atom stereocenters. The fourth-order valence-electron chi connectivity index (χ4n) is 2.17. The molecular weight excluding hydrogens is 166 g/mol. The van der Waals surface area contributed by atoms with E-state index in [-0.39, 0.29) is 0 Å². The van der Waals surface area contributed by atoms with Crippen molar-refractivity contribution in [3.05, 3.63) is 0 Å². The van der Waals surface area contributed by atoms with E-state index < -0.39 is 5.97 Å². The normalized spacial score (nSPS) is 29.4. The van der Waals surface area contributed by atoms with Gasteiger partial charge in [0.15, 0.2) is 0 Å². The number of aliphatic carboxylic acids is 1. The first-order valence-corrected chi connectivity index (χ1v) is 5.21. The van der Waals surface area contributed by atoms with E-state index >= 15 is 0 Å². The van der Waals surface area contributed by atoms with Gasteiger partial charge in [0.2, 0.25) is 0 Å². The number of rotatable bonds is 4. The Kier molecular flexibility index (Phi) is 2.54. The van der Waals surface area contributed by atoms with E-state index in [1.807, 2.05) is 0 Å². The average Bonchev–Trinajstić information content (AvgIpc) is 1.95. The van der Waals surface area contributed by atoms with Gasteiger partial charge in [-0.05, 0) is 31.7 Å². The summed E-state index contributed by atoms with van der Waals surface area (Å²) in [7, 11) is 0. The van der Waals surface area contributed by atoms with E-state index in [2.05, 4.69) is 4.90 Å². The monoisotopic (exact) mass is 183 g/mol. The van der Waals surface area contributed by atoms with Crippen molar-refractivity contribution < 1.29 is 9.90 Å². The zero-order chi connectivity index (χ0) is 9.26. The summed E-state index contributed by atoms with van der Waals surface area (Å²) in [6.07, 6.45) is 5.51. The predicted molar refractivity (Wildman–Crippen MR) is 49.6 cm³/mol. The number of nitrogens with zero attached hydrogens (tertiary/aromatic N) is 1. The lowest BCUT2D eigenvalue weighted by Gasteiger charge is -2.44. The van der Waals surface area contributed by atoms with Crippen LogP contribution in [0.2, 0.25) is 0 Å². The molecule has 0 bridgehead atoms. The molecule has 2 rings (SSSR count). The van der Waals surface area contributed by atoms with Gasteiger partial charge >= 0.3 is 5.97 Å². The molecule has 1 aliphatic carbocycles. The summed E-state index contributed by atoms with van der Waals surface area (Å²) in [6, 6.07) is 0.345. The van der Waals surface area contributed by atoms with Crippen molar-refractivity contribution in [2.24, 2.45) is 5.92 Å². The molecule has 3 heteroatoms. The van der Waals surface area contributed by atoms with E-state index in [0.717, 1.165) is 25.4 Å². The average molecular weight is 183 g/mol. The number of hydrogen-bond donors (Lipinski definition) is 1. The molecule has 0 radical (unpaired) electrons. The van der Waals surface area contributed by atoms with Gasteiger partial charge in [-0.25, -0.2) is 0 Å². The zero-order valence-corrected chi connectivity index (χ0v) is 7.91. The maximum Gasteiger partial charge on any atom is 0.304 e. The number of likely N-dealkylation sites (tertiary alicyclic amines) is 1. The topological polar surface area (TPSA) is 40.5 Å². The Balaban J connectivity index is 1.70. The SMILES string of the molecule is O=C(O)CC1CCN1CC1CCC1. The molecule has 2 fully saturated rings. The van der Waals surface area contributed by atoms with Crippen LogP contribution >= 0.6 is 0 Å². The highest BCUT2D eigenvalue weighted by Crippen LogP contribution is 2.31. The highest BCUT2D eigenvalue weighted by atomic mass is 16.4. The molecule has 74 valence electrons. The Morgan fingerprint density at radius 2 is 2.15 bits per heavy atom. The quantitative estimate of drug-likeness (QED) is 0.715. The fourth-order valence-corrected chi connectivity index (χ4v) is 2.17. The van der Waals surface area contributed by atoms with E-state index in [1.165, 1.54) is 19.3 Å². The minimum atomic E-state index is -0.650. The molecule has 1 atom stereocenters. The van der Waals surface area contributed by atoms with Gasteiger partial charge in [0.1, 0.15) is 0 Å². The molecule has 1 aliphatic heterocycles. The van der Waals surface area contributed by atoms with Crippen molar-refractivity contribution in [2.75, 3.05) is 13.1 Å². The summed E-state index contributed by atoms with van der Waals surface area (Å²) in [4.78, 5) is 12.8. The van der Waals surface area contributed by atoms with E-state index in [4.69, 9.17) is 5.11 Å². The van der Waals surface area contributed by atoms with Crippen molar-refractivity contribution in [1.29, 1.82) is 0 Å². The van der Waals surface area contributed by atoms with Crippen LogP contribution in [0.3, 0.4) is 0 Å². The van der Waals surface area contributed by atoms with Gasteiger partial charge in [-0.1, -0.05) is 6.42 Å². The van der Waals surface area contributed by atoms with Crippen LogP contribution in [-0.2, 0) is 4.79 Å². The van der Waals surface area contributed by atoms with Crippen LogP contribution in [-0.4, -0.2) is 35.1 Å². The molecule has 0 aromatic heterocycles. The molecule has 1 saturated carbocycles. The molecule has 0 spiro atoms. The van der Waals surface area contributed by atoms with Crippen molar-refractivity contribution in [2.45, 2.75) is 38.1 Å². The maximum atomic E-state index is 10.5. The Morgan fingerprint density at radius 3 is 2.54 bits per heavy atom. The van der Waals surface area contributed by atoms with Gasteiger partial charge in [-0.3, -0.25) is 9.69 Å². The highest BCUT2D eigenvalue weighted by Gasteiger charge is 2.32. The lowest BCUT2D eigenvalue weighted by molar-refractivity contribution is -0.139. The van der Waals surface area contributed by atoms with Crippen LogP contribution in [0.15, 0.2) is 0 Å². The largest absolute Gasteiger partial charge is 0.481 e. The van der Waals surface area contributed by atoms with E-state index in [1.54, 1.807) is 0 Å². The minimum Gasteiger partial charge on any atom is -0.481 e. The molecule has 0 amide bonds. The van der Waals surface area contributed by atoms with Gasteiger partial charge < -0.3 is 5.11 Å². The van der Waals surface area contributed by atoms with Gasteiger partial charge in [0.25, 0.3) is 0 Å². The van der Waals surface area contributed by atoms with Gasteiger partial charge in [0, 0.05) is 12.6 Å². The molecule has 13 heavy (non-hydrogen) atoms.